The molecule has 1 heterocycles. The van der Waals surface area contributed by atoms with Crippen molar-refractivity contribution in [2.75, 3.05) is 6.54 Å². The SMILES string of the molecule is CC(C)(C)OC(=O)N1CCC[C@]1(Cc1ccc(C(C)(C)C)cc1)C(=O)O. The fourth-order valence-corrected chi connectivity index (χ4v) is 3.40. The Morgan fingerprint density at radius 1 is 1.12 bits per heavy atom. The van der Waals surface area contributed by atoms with Crippen LogP contribution in [0.4, 0.5) is 4.79 Å². The first-order valence-corrected chi connectivity index (χ1v) is 9.19. The predicted molar refractivity (Wildman–Crippen MR) is 101 cm³/mol. The van der Waals surface area contributed by atoms with Gasteiger partial charge in [0.2, 0.25) is 0 Å². The lowest BCUT2D eigenvalue weighted by Gasteiger charge is -2.36. The third kappa shape index (κ3) is 4.37. The first-order chi connectivity index (χ1) is 11.8. The zero-order valence-electron chi connectivity index (χ0n) is 16.8. The fraction of sp³-hybridized carbons (Fsp3) is 0.619. The van der Waals surface area contributed by atoms with Crippen LogP contribution in [0.5, 0.6) is 0 Å². The highest BCUT2D eigenvalue weighted by atomic mass is 16.6. The summed E-state index contributed by atoms with van der Waals surface area (Å²) in [5.41, 5.74) is 0.250. The lowest BCUT2D eigenvalue weighted by Crippen LogP contribution is -2.55. The summed E-state index contributed by atoms with van der Waals surface area (Å²) in [4.78, 5) is 26.2. The van der Waals surface area contributed by atoms with Gasteiger partial charge in [-0.25, -0.2) is 9.59 Å². The van der Waals surface area contributed by atoms with Crippen LogP contribution in [0.15, 0.2) is 24.3 Å². The largest absolute Gasteiger partial charge is 0.479 e. The Balaban J connectivity index is 2.29. The molecule has 2 rings (SSSR count). The van der Waals surface area contributed by atoms with Crippen molar-refractivity contribution in [1.29, 1.82) is 0 Å². The first-order valence-electron chi connectivity index (χ1n) is 9.19. The smallest absolute Gasteiger partial charge is 0.411 e. The van der Waals surface area contributed by atoms with Gasteiger partial charge in [-0.15, -0.1) is 0 Å². The second-order valence-corrected chi connectivity index (χ2v) is 9.20. The van der Waals surface area contributed by atoms with Crippen LogP contribution in [0.2, 0.25) is 0 Å². The number of carbonyl (C=O) groups is 2. The van der Waals surface area contributed by atoms with Crippen molar-refractivity contribution in [3.05, 3.63) is 35.4 Å². The highest BCUT2D eigenvalue weighted by Gasteiger charge is 2.51. The minimum absolute atomic E-state index is 0.0406. The molecule has 1 aromatic rings. The number of likely N-dealkylation sites (tertiary alicyclic amines) is 1. The summed E-state index contributed by atoms with van der Waals surface area (Å²) in [7, 11) is 0. The Morgan fingerprint density at radius 2 is 1.69 bits per heavy atom. The molecule has 5 heteroatoms. The Morgan fingerprint density at radius 3 is 2.15 bits per heavy atom. The van der Waals surface area contributed by atoms with E-state index < -0.39 is 23.2 Å². The zero-order valence-corrected chi connectivity index (χ0v) is 16.8. The van der Waals surface area contributed by atoms with E-state index in [0.29, 0.717) is 19.4 Å². The summed E-state index contributed by atoms with van der Waals surface area (Å²) in [5.74, 6) is -0.972. The second kappa shape index (κ2) is 6.93. The number of rotatable bonds is 3. The molecular formula is C21H31NO4. The molecule has 144 valence electrons. The number of amides is 1. The van der Waals surface area contributed by atoms with Gasteiger partial charge >= 0.3 is 12.1 Å². The van der Waals surface area contributed by atoms with Crippen molar-refractivity contribution in [2.45, 2.75) is 77.4 Å². The lowest BCUT2D eigenvalue weighted by atomic mass is 9.84. The molecule has 1 aromatic carbocycles. The maximum atomic E-state index is 12.6. The summed E-state index contributed by atoms with van der Waals surface area (Å²) in [6.45, 7) is 12.2. The molecule has 1 aliphatic rings. The van der Waals surface area contributed by atoms with Crippen LogP contribution in [0.3, 0.4) is 0 Å². The summed E-state index contributed by atoms with van der Waals surface area (Å²) in [6.07, 6.45) is 0.823. The highest BCUT2D eigenvalue weighted by molar-refractivity contribution is 5.85. The van der Waals surface area contributed by atoms with Crippen LogP contribution >= 0.6 is 0 Å². The zero-order chi connectivity index (χ0) is 19.8. The number of carboxylic acid groups (broad SMARTS) is 1. The van der Waals surface area contributed by atoms with E-state index in [2.05, 4.69) is 20.8 Å². The van der Waals surface area contributed by atoms with Gasteiger partial charge in [-0.05, 0) is 50.2 Å². The van der Waals surface area contributed by atoms with Crippen LogP contribution in [-0.4, -0.2) is 39.8 Å². The average Bonchev–Trinajstić information content (AvgIpc) is 2.90. The van der Waals surface area contributed by atoms with Gasteiger partial charge in [0.15, 0.2) is 0 Å². The van der Waals surface area contributed by atoms with Crippen LogP contribution in [0, 0.1) is 0 Å². The molecule has 1 atom stereocenters. The number of ether oxygens (including phenoxy) is 1. The van der Waals surface area contributed by atoms with Crippen molar-refractivity contribution in [3.8, 4) is 0 Å². The van der Waals surface area contributed by atoms with Gasteiger partial charge in [-0.2, -0.15) is 0 Å². The second-order valence-electron chi connectivity index (χ2n) is 9.20. The molecule has 1 amide bonds. The van der Waals surface area contributed by atoms with Gasteiger partial charge in [0.1, 0.15) is 11.1 Å². The van der Waals surface area contributed by atoms with Gasteiger partial charge in [-0.3, -0.25) is 4.90 Å². The maximum absolute atomic E-state index is 12.6. The van der Waals surface area contributed by atoms with Gasteiger partial charge in [0, 0.05) is 13.0 Å². The lowest BCUT2D eigenvalue weighted by molar-refractivity contribution is -0.149. The van der Waals surface area contributed by atoms with Gasteiger partial charge in [0.25, 0.3) is 0 Å². The molecule has 1 saturated heterocycles. The Labute approximate surface area is 156 Å². The Hall–Kier alpha value is -2.04. The standard InChI is InChI=1S/C21H31NO4/c1-19(2,3)16-10-8-15(9-11-16)14-21(17(23)24)12-7-13-22(21)18(25)26-20(4,5)6/h8-11H,7,12-14H2,1-6H3,(H,23,24)/t21-/m0/s1. The molecule has 0 radical (unpaired) electrons. The molecule has 0 bridgehead atoms. The van der Waals surface area contributed by atoms with Crippen LogP contribution in [0.25, 0.3) is 0 Å². The van der Waals surface area contributed by atoms with Crippen molar-refractivity contribution in [3.63, 3.8) is 0 Å². The van der Waals surface area contributed by atoms with E-state index in [0.717, 1.165) is 5.56 Å². The Bertz CT molecular complexity index is 667. The van der Waals surface area contributed by atoms with Crippen molar-refractivity contribution in [2.24, 2.45) is 0 Å². The number of hydrogen-bond acceptors (Lipinski definition) is 3. The number of nitrogens with zero attached hydrogens (tertiary/aromatic N) is 1. The summed E-state index contributed by atoms with van der Waals surface area (Å²) >= 11 is 0. The minimum atomic E-state index is -1.24. The molecule has 26 heavy (non-hydrogen) atoms. The van der Waals surface area contributed by atoms with Crippen LogP contribution in [0.1, 0.15) is 65.5 Å². The third-order valence-electron chi connectivity index (χ3n) is 4.82. The summed E-state index contributed by atoms with van der Waals surface area (Å²) in [6, 6.07) is 8.02. The monoisotopic (exact) mass is 361 g/mol. The van der Waals surface area contributed by atoms with Gasteiger partial charge in [0.05, 0.1) is 0 Å². The summed E-state index contributed by atoms with van der Waals surface area (Å²) in [5, 5.41) is 9.98. The highest BCUT2D eigenvalue weighted by Crippen LogP contribution is 2.35. The number of carboxylic acids is 1. The fourth-order valence-electron chi connectivity index (χ4n) is 3.40. The molecular weight excluding hydrogens is 330 g/mol. The normalized spacial score (nSPS) is 20.9. The van der Waals surface area contributed by atoms with Crippen LogP contribution in [-0.2, 0) is 21.4 Å². The molecule has 0 saturated carbocycles. The maximum Gasteiger partial charge on any atom is 0.411 e. The quantitative estimate of drug-likeness (QED) is 0.867. The molecule has 0 aromatic heterocycles. The van der Waals surface area contributed by atoms with E-state index in [1.165, 1.54) is 10.5 Å². The predicted octanol–water partition coefficient (Wildman–Crippen LogP) is 4.38. The number of carbonyl (C=O) groups excluding carboxylic acids is 1. The van der Waals surface area contributed by atoms with Gasteiger partial charge < -0.3 is 9.84 Å². The van der Waals surface area contributed by atoms with E-state index in [4.69, 9.17) is 4.74 Å². The third-order valence-corrected chi connectivity index (χ3v) is 4.82. The van der Waals surface area contributed by atoms with E-state index in [9.17, 15) is 14.7 Å². The van der Waals surface area contributed by atoms with Crippen molar-refractivity contribution >= 4 is 12.1 Å². The minimum Gasteiger partial charge on any atom is -0.479 e. The number of benzene rings is 1. The molecule has 0 unspecified atom stereocenters. The topological polar surface area (TPSA) is 66.8 Å². The van der Waals surface area contributed by atoms with Crippen LogP contribution < -0.4 is 0 Å². The average molecular weight is 361 g/mol. The van der Waals surface area contributed by atoms with E-state index >= 15 is 0 Å². The van der Waals surface area contributed by atoms with Gasteiger partial charge in [-0.1, -0.05) is 45.0 Å². The van der Waals surface area contributed by atoms with Crippen molar-refractivity contribution < 1.29 is 19.4 Å². The van der Waals surface area contributed by atoms with E-state index in [1.807, 2.05) is 24.3 Å². The molecule has 1 aliphatic heterocycles. The molecule has 5 nitrogen and oxygen atoms in total. The number of aliphatic carboxylic acids is 1. The molecule has 1 N–H and O–H groups in total. The first kappa shape index (κ1) is 20.3. The van der Waals surface area contributed by atoms with E-state index in [-0.39, 0.29) is 11.8 Å². The molecule has 1 fully saturated rings. The molecule has 0 aliphatic carbocycles. The summed E-state index contributed by atoms with van der Waals surface area (Å²) < 4.78 is 5.45. The molecule has 0 spiro atoms. The van der Waals surface area contributed by atoms with Crippen molar-refractivity contribution in [1.82, 2.24) is 4.90 Å². The van der Waals surface area contributed by atoms with E-state index in [1.54, 1.807) is 20.8 Å². The number of hydrogen-bond donors (Lipinski definition) is 1. The Kier molecular flexibility index (Phi) is 5.41.